The van der Waals surface area contributed by atoms with Gasteiger partial charge < -0.3 is 21.1 Å². The van der Waals surface area contributed by atoms with Gasteiger partial charge in [-0.05, 0) is 37.6 Å². The Balaban J connectivity index is 5.26. The summed E-state index contributed by atoms with van der Waals surface area (Å²) in [5.74, 6) is -0.692. The average Bonchev–Trinajstić information content (AvgIpc) is 2.66. The van der Waals surface area contributed by atoms with E-state index in [1.54, 1.807) is 38.4 Å². The summed E-state index contributed by atoms with van der Waals surface area (Å²) in [4.78, 5) is 15.9. The molecule has 174 valence electrons. The molecule has 0 radical (unpaired) electrons. The minimum absolute atomic E-state index is 0.112. The van der Waals surface area contributed by atoms with Crippen LogP contribution in [-0.4, -0.2) is 55.4 Å². The Labute approximate surface area is 186 Å². The first kappa shape index (κ1) is 28.5. The Morgan fingerprint density at radius 2 is 1.94 bits per heavy atom. The first-order valence-corrected chi connectivity index (χ1v) is 10.3. The fourth-order valence-corrected chi connectivity index (χ4v) is 2.99. The summed E-state index contributed by atoms with van der Waals surface area (Å²) < 4.78 is 38.7. The number of nitrogens with zero attached hydrogens (tertiary/aromatic N) is 1. The lowest BCUT2D eigenvalue weighted by Crippen LogP contribution is -2.44. The zero-order valence-corrected chi connectivity index (χ0v) is 19.2. The lowest BCUT2D eigenvalue weighted by atomic mass is 10.1. The van der Waals surface area contributed by atoms with Crippen LogP contribution in [0.15, 0.2) is 63.9 Å². The highest BCUT2D eigenvalue weighted by molar-refractivity contribution is 8.03. The zero-order chi connectivity index (χ0) is 24.1. The summed E-state index contributed by atoms with van der Waals surface area (Å²) in [7, 11) is 3.26. The predicted octanol–water partition coefficient (Wildman–Crippen LogP) is 3.42. The van der Waals surface area contributed by atoms with Crippen LogP contribution >= 0.6 is 11.8 Å². The number of aliphatic imine (C=N–C) groups is 1. The van der Waals surface area contributed by atoms with Crippen molar-refractivity contribution >= 4 is 23.8 Å². The van der Waals surface area contributed by atoms with E-state index in [2.05, 4.69) is 27.5 Å². The van der Waals surface area contributed by atoms with E-state index in [0.717, 1.165) is 18.7 Å². The third-order valence-corrected chi connectivity index (χ3v) is 5.15. The molecule has 0 amide bonds. The minimum atomic E-state index is -4.73. The maximum Gasteiger partial charge on any atom is 0.417 e. The maximum absolute atomic E-state index is 12.9. The van der Waals surface area contributed by atoms with Gasteiger partial charge in [-0.3, -0.25) is 9.79 Å². The van der Waals surface area contributed by atoms with Crippen molar-refractivity contribution in [3.63, 3.8) is 0 Å². The van der Waals surface area contributed by atoms with Crippen LogP contribution in [0.3, 0.4) is 0 Å². The lowest BCUT2D eigenvalue weighted by Gasteiger charge is -2.26. The highest BCUT2D eigenvalue weighted by Gasteiger charge is 2.49. The van der Waals surface area contributed by atoms with Gasteiger partial charge in [-0.15, -0.1) is 11.8 Å². The van der Waals surface area contributed by atoms with E-state index in [0.29, 0.717) is 21.9 Å². The van der Waals surface area contributed by atoms with Crippen molar-refractivity contribution in [2.24, 2.45) is 4.99 Å². The second kappa shape index (κ2) is 13.8. The predicted molar refractivity (Wildman–Crippen MR) is 123 cm³/mol. The number of hydrogen-bond acceptors (Lipinski definition) is 7. The van der Waals surface area contributed by atoms with E-state index < -0.39 is 17.5 Å². The molecule has 1 atom stereocenters. The van der Waals surface area contributed by atoms with Crippen molar-refractivity contribution < 1.29 is 23.1 Å². The van der Waals surface area contributed by atoms with Gasteiger partial charge in [-0.1, -0.05) is 12.7 Å². The Morgan fingerprint density at radius 3 is 2.42 bits per heavy atom. The highest BCUT2D eigenvalue weighted by atomic mass is 32.2. The standard InChI is InChI=1S/C21H31F3N4O2S/c1-7-8-17(28-14-27-10-9-18(26-6)16(3)29)11-15(2)19(12-25-5)31-13-20(4,30)21(22,23)24/h7-12,25-26,28,30H,2,13-14H2,1,3-6H3/b8-7+,17-11+,18-9-,19-12-,27-10-. The molecule has 6 nitrogen and oxygen atoms in total. The van der Waals surface area contributed by atoms with Gasteiger partial charge in [0.15, 0.2) is 11.4 Å². The van der Waals surface area contributed by atoms with E-state index in [4.69, 9.17) is 0 Å². The van der Waals surface area contributed by atoms with Gasteiger partial charge in [0.1, 0.15) is 6.67 Å². The zero-order valence-electron chi connectivity index (χ0n) is 18.4. The van der Waals surface area contributed by atoms with Crippen LogP contribution in [-0.2, 0) is 4.79 Å². The number of ketones is 1. The second-order valence-electron chi connectivity index (χ2n) is 6.54. The Bertz CT molecular complexity index is 767. The summed E-state index contributed by atoms with van der Waals surface area (Å²) in [6, 6.07) is 0. The normalized spacial score (nSPS) is 15.8. The molecule has 0 bridgehead atoms. The summed E-state index contributed by atoms with van der Waals surface area (Å²) in [5.41, 5.74) is -1.31. The van der Waals surface area contributed by atoms with Gasteiger partial charge >= 0.3 is 6.18 Å². The molecular weight excluding hydrogens is 429 g/mol. The van der Waals surface area contributed by atoms with E-state index in [9.17, 15) is 23.1 Å². The molecule has 0 rings (SSSR count). The SMILES string of the molecule is C=C(/C=C(\C=C\C)NC/N=C\C=C(/NC)C(C)=O)/C(=C/NC)SCC(C)(O)C(F)(F)F. The largest absolute Gasteiger partial charge is 0.417 e. The van der Waals surface area contributed by atoms with Crippen molar-refractivity contribution in [3.8, 4) is 0 Å². The van der Waals surface area contributed by atoms with E-state index in [1.807, 2.05) is 6.92 Å². The fourth-order valence-electron chi connectivity index (χ4n) is 1.95. The van der Waals surface area contributed by atoms with Crippen molar-refractivity contribution in [3.05, 3.63) is 59.0 Å². The molecule has 0 spiro atoms. The molecule has 0 aliphatic carbocycles. The molecule has 0 aliphatic rings. The quantitative estimate of drug-likeness (QED) is 0.191. The van der Waals surface area contributed by atoms with Gasteiger partial charge in [-0.25, -0.2) is 0 Å². The van der Waals surface area contributed by atoms with Crippen LogP contribution in [0.5, 0.6) is 0 Å². The first-order chi connectivity index (χ1) is 14.4. The number of rotatable bonds is 13. The first-order valence-electron chi connectivity index (χ1n) is 9.35. The van der Waals surface area contributed by atoms with Crippen LogP contribution in [0.4, 0.5) is 13.2 Å². The molecule has 4 N–H and O–H groups in total. The topological polar surface area (TPSA) is 85.8 Å². The summed E-state index contributed by atoms with van der Waals surface area (Å²) in [6.07, 6.45) is 5.04. The molecule has 0 fully saturated rings. The minimum Gasteiger partial charge on any atom is -0.393 e. The summed E-state index contributed by atoms with van der Waals surface area (Å²) in [5, 5.41) is 18.3. The number of alkyl halides is 3. The molecule has 31 heavy (non-hydrogen) atoms. The molecule has 0 aromatic carbocycles. The number of allylic oxidation sites excluding steroid dienone is 6. The monoisotopic (exact) mass is 460 g/mol. The van der Waals surface area contributed by atoms with Gasteiger partial charge in [0, 0.05) is 49.8 Å². The molecule has 0 saturated heterocycles. The Kier molecular flexibility index (Phi) is 12.7. The van der Waals surface area contributed by atoms with Gasteiger partial charge in [0.2, 0.25) is 0 Å². The highest BCUT2D eigenvalue weighted by Crippen LogP contribution is 2.36. The van der Waals surface area contributed by atoms with Crippen LogP contribution in [0.25, 0.3) is 0 Å². The number of nitrogens with one attached hydrogen (secondary N) is 3. The summed E-state index contributed by atoms with van der Waals surface area (Å²) in [6.45, 7) is 8.12. The number of halogens is 3. The van der Waals surface area contributed by atoms with E-state index in [1.165, 1.54) is 19.3 Å². The van der Waals surface area contributed by atoms with Crippen LogP contribution in [0, 0.1) is 0 Å². The molecule has 1 unspecified atom stereocenters. The second-order valence-corrected chi connectivity index (χ2v) is 7.55. The number of carbonyl (C=O) groups excluding carboxylic acids is 1. The number of aliphatic hydroxyl groups is 1. The van der Waals surface area contributed by atoms with Crippen molar-refractivity contribution in [2.75, 3.05) is 26.5 Å². The molecule has 0 aliphatic heterocycles. The number of Topliss-reactive ketones (excluding diaryl/α,β-unsaturated/α-hetero) is 1. The van der Waals surface area contributed by atoms with Gasteiger partial charge in [0.25, 0.3) is 0 Å². The number of hydrogen-bond donors (Lipinski definition) is 4. The molecular formula is C21H31F3N4O2S. The fraction of sp³-hybridized carbons (Fsp3) is 0.429. The lowest BCUT2D eigenvalue weighted by molar-refractivity contribution is -0.242. The molecule has 0 aromatic rings. The van der Waals surface area contributed by atoms with Crippen LogP contribution in [0.1, 0.15) is 20.8 Å². The molecule has 0 aromatic heterocycles. The van der Waals surface area contributed by atoms with E-state index >= 15 is 0 Å². The third kappa shape index (κ3) is 10.9. The average molecular weight is 461 g/mol. The molecule has 0 saturated carbocycles. The number of thioether (sulfide) groups is 1. The van der Waals surface area contributed by atoms with Crippen molar-refractivity contribution in [2.45, 2.75) is 32.5 Å². The maximum atomic E-state index is 12.9. The van der Waals surface area contributed by atoms with Crippen molar-refractivity contribution in [1.82, 2.24) is 16.0 Å². The molecule has 0 heterocycles. The van der Waals surface area contributed by atoms with Crippen molar-refractivity contribution in [1.29, 1.82) is 0 Å². The van der Waals surface area contributed by atoms with Crippen LogP contribution < -0.4 is 16.0 Å². The number of carbonyl (C=O) groups is 1. The van der Waals surface area contributed by atoms with Crippen LogP contribution in [0.2, 0.25) is 0 Å². The summed E-state index contributed by atoms with van der Waals surface area (Å²) >= 11 is 0.845. The number of likely N-dealkylation sites (N-methyl/N-ethyl adjacent to an activating group) is 1. The van der Waals surface area contributed by atoms with E-state index in [-0.39, 0.29) is 12.5 Å². The van der Waals surface area contributed by atoms with Gasteiger partial charge in [0.05, 0.1) is 5.70 Å². The third-order valence-electron chi connectivity index (χ3n) is 3.76. The molecule has 10 heteroatoms. The Hall–Kier alpha value is -2.46. The van der Waals surface area contributed by atoms with Gasteiger partial charge in [-0.2, -0.15) is 13.2 Å². The Morgan fingerprint density at radius 1 is 1.29 bits per heavy atom. The smallest absolute Gasteiger partial charge is 0.393 e.